The highest BCUT2D eigenvalue weighted by molar-refractivity contribution is 6.10. The van der Waals surface area contributed by atoms with Crippen molar-refractivity contribution in [1.29, 1.82) is 0 Å². The standard InChI is InChI=1S/C31H29N3O3/c1-3-23-25(9-6-10-29(23)37-2)31(36)34-22-14-11-21(12-15-22)26-17-18-32-27(19-33-26)30-24-8-5-4-7-20(24)13-16-28(30)35/h4-12,14-15,17-19,30,32H,3,13,16H2,1-2H3,(H,34,36). The summed E-state index contributed by atoms with van der Waals surface area (Å²) in [5, 5.41) is 6.25. The van der Waals surface area contributed by atoms with Gasteiger partial charge in [-0.05, 0) is 54.3 Å². The van der Waals surface area contributed by atoms with E-state index < -0.39 is 0 Å². The lowest BCUT2D eigenvalue weighted by Crippen LogP contribution is -2.26. The van der Waals surface area contributed by atoms with E-state index in [0.717, 1.165) is 34.5 Å². The number of benzene rings is 3. The topological polar surface area (TPSA) is 79.8 Å². The Labute approximate surface area is 216 Å². The fourth-order valence-corrected chi connectivity index (χ4v) is 4.98. The lowest BCUT2D eigenvalue weighted by Gasteiger charge is -2.26. The second kappa shape index (κ2) is 10.7. The average Bonchev–Trinajstić information content (AvgIpc) is 3.19. The number of allylic oxidation sites excluding steroid dienone is 2. The van der Waals surface area contributed by atoms with Crippen LogP contribution in [0.1, 0.15) is 51.9 Å². The second-order valence-corrected chi connectivity index (χ2v) is 9.05. The van der Waals surface area contributed by atoms with E-state index in [1.807, 2.05) is 79.9 Å². The summed E-state index contributed by atoms with van der Waals surface area (Å²) in [6.45, 7) is 2.00. The molecule has 186 valence electrons. The molecule has 2 aliphatic rings. The predicted octanol–water partition coefficient (Wildman–Crippen LogP) is 5.56. The number of ketones is 1. The molecule has 3 aromatic rings. The van der Waals surface area contributed by atoms with Crippen molar-refractivity contribution in [1.82, 2.24) is 5.32 Å². The van der Waals surface area contributed by atoms with Crippen molar-refractivity contribution >= 4 is 23.1 Å². The van der Waals surface area contributed by atoms with Crippen molar-refractivity contribution in [3.63, 3.8) is 0 Å². The van der Waals surface area contributed by atoms with Crippen LogP contribution in [-0.2, 0) is 17.6 Å². The first-order valence-electron chi connectivity index (χ1n) is 12.5. The van der Waals surface area contributed by atoms with E-state index >= 15 is 0 Å². The molecule has 6 heteroatoms. The number of hydrogen-bond acceptors (Lipinski definition) is 5. The predicted molar refractivity (Wildman–Crippen MR) is 146 cm³/mol. The SMILES string of the molecule is CCc1c(OC)cccc1C(=O)Nc1ccc(C2=NC=C(C3C(=O)CCc4ccccc43)NC=C2)cc1. The molecule has 2 N–H and O–H groups in total. The molecule has 5 rings (SSSR count). The maximum absolute atomic E-state index is 12.9. The van der Waals surface area contributed by atoms with E-state index in [-0.39, 0.29) is 17.6 Å². The molecular formula is C31H29N3O3. The normalized spacial score (nSPS) is 16.6. The van der Waals surface area contributed by atoms with Gasteiger partial charge >= 0.3 is 0 Å². The Bertz CT molecular complexity index is 1430. The summed E-state index contributed by atoms with van der Waals surface area (Å²) in [7, 11) is 1.61. The van der Waals surface area contributed by atoms with Gasteiger partial charge in [0, 0.05) is 46.9 Å². The Hall–Kier alpha value is -4.45. The number of aliphatic imine (C=N–C) groups is 1. The van der Waals surface area contributed by atoms with Crippen LogP contribution in [0.3, 0.4) is 0 Å². The summed E-state index contributed by atoms with van der Waals surface area (Å²) in [4.78, 5) is 30.5. The number of fused-ring (bicyclic) bond motifs is 1. The summed E-state index contributed by atoms with van der Waals surface area (Å²) in [5.74, 6) is 0.402. The molecule has 1 atom stereocenters. The average molecular weight is 492 g/mol. The Balaban J connectivity index is 1.35. The van der Waals surface area contributed by atoms with Crippen molar-refractivity contribution < 1.29 is 14.3 Å². The van der Waals surface area contributed by atoms with Gasteiger partial charge in [0.2, 0.25) is 0 Å². The number of carbonyl (C=O) groups excluding carboxylic acids is 2. The van der Waals surface area contributed by atoms with Crippen LogP contribution in [0.2, 0.25) is 0 Å². The summed E-state index contributed by atoms with van der Waals surface area (Å²) in [6, 6.07) is 21.2. The number of carbonyl (C=O) groups is 2. The van der Waals surface area contributed by atoms with Crippen LogP contribution in [0, 0.1) is 0 Å². The van der Waals surface area contributed by atoms with Crippen molar-refractivity contribution in [3.8, 4) is 5.75 Å². The van der Waals surface area contributed by atoms with Gasteiger partial charge in [-0.25, -0.2) is 0 Å². The van der Waals surface area contributed by atoms with Gasteiger partial charge in [0.15, 0.2) is 0 Å². The molecular weight excluding hydrogens is 462 g/mol. The highest BCUT2D eigenvalue weighted by atomic mass is 16.5. The first-order chi connectivity index (χ1) is 18.1. The van der Waals surface area contributed by atoms with Gasteiger partial charge < -0.3 is 15.4 Å². The third-order valence-electron chi connectivity index (χ3n) is 6.86. The van der Waals surface area contributed by atoms with Crippen molar-refractivity contribution in [2.24, 2.45) is 4.99 Å². The Kier molecular flexibility index (Phi) is 6.99. The molecule has 1 aliphatic heterocycles. The van der Waals surface area contributed by atoms with Gasteiger partial charge in [-0.15, -0.1) is 0 Å². The number of amides is 1. The van der Waals surface area contributed by atoms with Gasteiger partial charge in [0.1, 0.15) is 11.5 Å². The van der Waals surface area contributed by atoms with E-state index in [1.54, 1.807) is 13.3 Å². The van der Waals surface area contributed by atoms with Crippen LogP contribution in [0.4, 0.5) is 5.69 Å². The number of hydrogen-bond donors (Lipinski definition) is 2. The number of aryl methyl sites for hydroxylation is 1. The molecule has 0 radical (unpaired) electrons. The van der Waals surface area contributed by atoms with Crippen LogP contribution in [0.25, 0.3) is 0 Å². The maximum atomic E-state index is 12.9. The fraction of sp³-hybridized carbons (Fsp3) is 0.194. The van der Waals surface area contributed by atoms with E-state index in [0.29, 0.717) is 29.8 Å². The molecule has 0 bridgehead atoms. The molecule has 0 aromatic heterocycles. The van der Waals surface area contributed by atoms with Crippen molar-refractivity contribution in [3.05, 3.63) is 119 Å². The van der Waals surface area contributed by atoms with Crippen molar-refractivity contribution in [2.45, 2.75) is 32.1 Å². The van der Waals surface area contributed by atoms with E-state index in [1.165, 1.54) is 5.56 Å². The minimum Gasteiger partial charge on any atom is -0.496 e. The number of Topliss-reactive ketones (excluding diaryl/α,β-unsaturated/α-hetero) is 1. The molecule has 3 aromatic carbocycles. The van der Waals surface area contributed by atoms with E-state index in [4.69, 9.17) is 4.74 Å². The van der Waals surface area contributed by atoms with Gasteiger partial charge in [0.25, 0.3) is 5.91 Å². The number of ether oxygens (including phenoxy) is 1. The third-order valence-corrected chi connectivity index (χ3v) is 6.86. The molecule has 0 fully saturated rings. The number of nitrogens with one attached hydrogen (secondary N) is 2. The van der Waals surface area contributed by atoms with Gasteiger partial charge in [-0.2, -0.15) is 0 Å². The van der Waals surface area contributed by atoms with E-state index in [9.17, 15) is 9.59 Å². The molecule has 6 nitrogen and oxygen atoms in total. The van der Waals surface area contributed by atoms with E-state index in [2.05, 4.69) is 21.7 Å². The second-order valence-electron chi connectivity index (χ2n) is 9.05. The summed E-state index contributed by atoms with van der Waals surface area (Å²) in [6.07, 6.45) is 7.48. The first-order valence-corrected chi connectivity index (χ1v) is 12.5. The molecule has 37 heavy (non-hydrogen) atoms. The molecule has 0 saturated heterocycles. The largest absolute Gasteiger partial charge is 0.496 e. The zero-order valence-electron chi connectivity index (χ0n) is 21.0. The number of methoxy groups -OCH3 is 1. The maximum Gasteiger partial charge on any atom is 0.256 e. The monoisotopic (exact) mass is 491 g/mol. The molecule has 1 unspecified atom stereocenters. The van der Waals surface area contributed by atoms with Crippen LogP contribution in [-0.4, -0.2) is 24.5 Å². The quantitative estimate of drug-likeness (QED) is 0.473. The molecule has 1 aliphatic carbocycles. The molecule has 0 saturated carbocycles. The zero-order valence-corrected chi connectivity index (χ0v) is 21.0. The third kappa shape index (κ3) is 4.96. The van der Waals surface area contributed by atoms with Gasteiger partial charge in [-0.1, -0.05) is 49.4 Å². The number of nitrogens with zero attached hydrogens (tertiary/aromatic N) is 1. The first kappa shape index (κ1) is 24.3. The minimum absolute atomic E-state index is 0.176. The number of anilines is 1. The van der Waals surface area contributed by atoms with Crippen LogP contribution < -0.4 is 15.4 Å². The highest BCUT2D eigenvalue weighted by Gasteiger charge is 2.30. The molecule has 1 heterocycles. The Morgan fingerprint density at radius 3 is 2.65 bits per heavy atom. The zero-order chi connectivity index (χ0) is 25.8. The lowest BCUT2D eigenvalue weighted by atomic mass is 9.80. The summed E-state index contributed by atoms with van der Waals surface area (Å²) < 4.78 is 5.41. The van der Waals surface area contributed by atoms with Crippen molar-refractivity contribution in [2.75, 3.05) is 12.4 Å². The fourth-order valence-electron chi connectivity index (χ4n) is 4.98. The summed E-state index contributed by atoms with van der Waals surface area (Å²) >= 11 is 0. The van der Waals surface area contributed by atoms with Crippen LogP contribution in [0.15, 0.2) is 95.9 Å². The Morgan fingerprint density at radius 2 is 1.86 bits per heavy atom. The molecule has 0 spiro atoms. The lowest BCUT2D eigenvalue weighted by molar-refractivity contribution is -0.120. The minimum atomic E-state index is -0.333. The van der Waals surface area contributed by atoms with Gasteiger partial charge in [0.05, 0.1) is 18.7 Å². The smallest absolute Gasteiger partial charge is 0.256 e. The summed E-state index contributed by atoms with van der Waals surface area (Å²) in [5.41, 5.74) is 6.87. The number of rotatable bonds is 6. The molecule has 1 amide bonds. The highest BCUT2D eigenvalue weighted by Crippen LogP contribution is 2.34. The van der Waals surface area contributed by atoms with Gasteiger partial charge in [-0.3, -0.25) is 14.6 Å². The van der Waals surface area contributed by atoms with Crippen LogP contribution >= 0.6 is 0 Å². The van der Waals surface area contributed by atoms with Crippen LogP contribution in [0.5, 0.6) is 5.75 Å². The Morgan fingerprint density at radius 1 is 1.05 bits per heavy atom.